The number of imidazole rings is 1. The number of anilines is 1. The van der Waals surface area contributed by atoms with Gasteiger partial charge in [0.1, 0.15) is 11.7 Å². The van der Waals surface area contributed by atoms with Crippen molar-refractivity contribution in [2.24, 2.45) is 0 Å². The first-order valence-electron chi connectivity index (χ1n) is 5.82. The van der Waals surface area contributed by atoms with Crippen LogP contribution in [0.2, 0.25) is 0 Å². The van der Waals surface area contributed by atoms with Crippen molar-refractivity contribution in [3.63, 3.8) is 0 Å². The molecule has 96 valence electrons. The second kappa shape index (κ2) is 4.22. The van der Waals surface area contributed by atoms with Gasteiger partial charge in [-0.15, -0.1) is 0 Å². The summed E-state index contributed by atoms with van der Waals surface area (Å²) in [6.45, 7) is -0.175. The summed E-state index contributed by atoms with van der Waals surface area (Å²) in [6, 6.07) is 5.36. The molecule has 1 aromatic heterocycles. The Kier molecular flexibility index (Phi) is 2.68. The summed E-state index contributed by atoms with van der Waals surface area (Å²) in [5.74, 6) is 0. The standard InChI is InChI=1S/C12H14FN3O2/c13-8-4-7(5-17)18-12(8)16-6-15-11-9(14)2-1-3-10(11)16/h1-3,6-8,12,17H,4-5,14H2/t7-,8-,12?/m0/s1. The van der Waals surface area contributed by atoms with Gasteiger partial charge in [0.15, 0.2) is 6.23 Å². The second-order valence-electron chi connectivity index (χ2n) is 4.45. The maximum Gasteiger partial charge on any atom is 0.167 e. The monoisotopic (exact) mass is 251 g/mol. The quantitative estimate of drug-likeness (QED) is 0.787. The van der Waals surface area contributed by atoms with Crippen LogP contribution in [0.25, 0.3) is 11.0 Å². The lowest BCUT2D eigenvalue weighted by atomic mass is 10.2. The fraction of sp³-hybridized carbons (Fsp3) is 0.417. The van der Waals surface area contributed by atoms with Crippen LogP contribution in [0.5, 0.6) is 0 Å². The zero-order chi connectivity index (χ0) is 12.7. The third-order valence-corrected chi connectivity index (χ3v) is 3.24. The van der Waals surface area contributed by atoms with Crippen LogP contribution in [-0.2, 0) is 4.74 Å². The number of aliphatic hydroxyl groups excluding tert-OH is 1. The molecule has 0 radical (unpaired) electrons. The van der Waals surface area contributed by atoms with Gasteiger partial charge in [0.25, 0.3) is 0 Å². The van der Waals surface area contributed by atoms with Crippen LogP contribution in [0.1, 0.15) is 12.6 Å². The number of nitrogens with zero attached hydrogens (tertiary/aromatic N) is 2. The minimum Gasteiger partial charge on any atom is -0.397 e. The van der Waals surface area contributed by atoms with E-state index in [1.54, 1.807) is 16.7 Å². The predicted molar refractivity (Wildman–Crippen MR) is 64.7 cm³/mol. The van der Waals surface area contributed by atoms with Gasteiger partial charge in [0.05, 0.1) is 30.2 Å². The molecule has 1 saturated heterocycles. The summed E-state index contributed by atoms with van der Waals surface area (Å²) in [5.41, 5.74) is 7.74. The van der Waals surface area contributed by atoms with Gasteiger partial charge in [-0.2, -0.15) is 0 Å². The summed E-state index contributed by atoms with van der Waals surface area (Å²) < 4.78 is 21.0. The van der Waals surface area contributed by atoms with E-state index in [9.17, 15) is 4.39 Å². The molecule has 3 N–H and O–H groups in total. The highest BCUT2D eigenvalue weighted by Crippen LogP contribution is 2.34. The third-order valence-electron chi connectivity index (χ3n) is 3.24. The van der Waals surface area contributed by atoms with Gasteiger partial charge in [-0.05, 0) is 12.1 Å². The lowest BCUT2D eigenvalue weighted by molar-refractivity contribution is -0.0348. The smallest absolute Gasteiger partial charge is 0.167 e. The number of nitrogens with two attached hydrogens (primary N) is 1. The summed E-state index contributed by atoms with van der Waals surface area (Å²) in [7, 11) is 0. The molecule has 0 amide bonds. The van der Waals surface area contributed by atoms with Crippen LogP contribution in [0, 0.1) is 0 Å². The van der Waals surface area contributed by atoms with Crippen molar-refractivity contribution in [3.05, 3.63) is 24.5 Å². The Bertz CT molecular complexity index is 571. The van der Waals surface area contributed by atoms with Crippen molar-refractivity contribution in [1.82, 2.24) is 9.55 Å². The maximum atomic E-state index is 13.9. The van der Waals surface area contributed by atoms with Crippen molar-refractivity contribution in [2.45, 2.75) is 24.9 Å². The van der Waals surface area contributed by atoms with E-state index in [-0.39, 0.29) is 13.0 Å². The Morgan fingerprint density at radius 2 is 2.39 bits per heavy atom. The first kappa shape index (κ1) is 11.4. The Morgan fingerprint density at radius 1 is 1.56 bits per heavy atom. The summed E-state index contributed by atoms with van der Waals surface area (Å²) in [5, 5.41) is 9.02. The molecular formula is C12H14FN3O2. The normalized spacial score (nSPS) is 28.0. The van der Waals surface area contributed by atoms with Crippen LogP contribution in [0.3, 0.4) is 0 Å². The van der Waals surface area contributed by atoms with Crippen LogP contribution in [0.4, 0.5) is 10.1 Å². The minimum absolute atomic E-state index is 0.175. The molecule has 18 heavy (non-hydrogen) atoms. The van der Waals surface area contributed by atoms with Crippen molar-refractivity contribution in [1.29, 1.82) is 0 Å². The highest BCUT2D eigenvalue weighted by atomic mass is 19.1. The first-order chi connectivity index (χ1) is 8.70. The van der Waals surface area contributed by atoms with E-state index in [0.717, 1.165) is 5.52 Å². The highest BCUT2D eigenvalue weighted by Gasteiger charge is 2.36. The van der Waals surface area contributed by atoms with Gasteiger partial charge in [-0.3, -0.25) is 0 Å². The Labute approximate surface area is 103 Å². The maximum absolute atomic E-state index is 13.9. The van der Waals surface area contributed by atoms with Gasteiger partial charge in [0, 0.05) is 6.42 Å². The van der Waals surface area contributed by atoms with Crippen LogP contribution < -0.4 is 5.73 Å². The molecule has 0 spiro atoms. The van der Waals surface area contributed by atoms with Crippen molar-refractivity contribution in [2.75, 3.05) is 12.3 Å². The number of ether oxygens (including phenoxy) is 1. The fourth-order valence-corrected chi connectivity index (χ4v) is 2.35. The Morgan fingerprint density at radius 3 is 3.11 bits per heavy atom. The highest BCUT2D eigenvalue weighted by molar-refractivity contribution is 5.87. The summed E-state index contributed by atoms with van der Waals surface area (Å²) in [6.07, 6.45) is -0.625. The van der Waals surface area contributed by atoms with Gasteiger partial charge < -0.3 is 20.1 Å². The molecule has 6 heteroatoms. The SMILES string of the molecule is Nc1cccc2c1ncn2C1O[C@H](CO)C[C@@H]1F. The molecule has 0 saturated carbocycles. The Hall–Kier alpha value is -1.66. The van der Waals surface area contributed by atoms with E-state index >= 15 is 0 Å². The molecule has 0 aliphatic carbocycles. The summed E-state index contributed by atoms with van der Waals surface area (Å²) in [4.78, 5) is 4.18. The van der Waals surface area contributed by atoms with Gasteiger partial charge in [-0.1, -0.05) is 6.07 Å². The van der Waals surface area contributed by atoms with E-state index in [1.807, 2.05) is 6.07 Å². The van der Waals surface area contributed by atoms with Crippen LogP contribution >= 0.6 is 0 Å². The largest absolute Gasteiger partial charge is 0.397 e. The number of para-hydroxylation sites is 1. The van der Waals surface area contributed by atoms with Gasteiger partial charge in [-0.25, -0.2) is 9.37 Å². The third kappa shape index (κ3) is 1.65. The van der Waals surface area contributed by atoms with Crippen molar-refractivity contribution in [3.8, 4) is 0 Å². The average Bonchev–Trinajstić information content (AvgIpc) is 2.93. The van der Waals surface area contributed by atoms with Crippen molar-refractivity contribution >= 4 is 16.7 Å². The predicted octanol–water partition coefficient (Wildman–Crippen LogP) is 1.24. The van der Waals surface area contributed by atoms with Crippen LogP contribution in [-0.4, -0.2) is 33.5 Å². The Balaban J connectivity index is 2.02. The number of hydrogen-bond donors (Lipinski definition) is 2. The lowest BCUT2D eigenvalue weighted by Crippen LogP contribution is -2.16. The zero-order valence-corrected chi connectivity index (χ0v) is 9.66. The molecule has 5 nitrogen and oxygen atoms in total. The number of aromatic nitrogens is 2. The molecule has 3 atom stereocenters. The molecular weight excluding hydrogens is 237 g/mol. The second-order valence-corrected chi connectivity index (χ2v) is 4.45. The van der Waals surface area contributed by atoms with E-state index in [0.29, 0.717) is 11.2 Å². The molecule has 2 heterocycles. The van der Waals surface area contributed by atoms with Crippen molar-refractivity contribution < 1.29 is 14.2 Å². The van der Waals surface area contributed by atoms with Crippen LogP contribution in [0.15, 0.2) is 24.5 Å². The molecule has 1 unspecified atom stereocenters. The number of nitrogen functional groups attached to an aromatic ring is 1. The van der Waals surface area contributed by atoms with E-state index < -0.39 is 18.5 Å². The van der Waals surface area contributed by atoms with E-state index in [1.165, 1.54) is 6.33 Å². The molecule has 1 aliphatic heterocycles. The number of benzene rings is 1. The fourth-order valence-electron chi connectivity index (χ4n) is 2.35. The minimum atomic E-state index is -1.15. The number of hydrogen-bond acceptors (Lipinski definition) is 4. The zero-order valence-electron chi connectivity index (χ0n) is 9.66. The van der Waals surface area contributed by atoms with E-state index in [2.05, 4.69) is 4.98 Å². The topological polar surface area (TPSA) is 73.3 Å². The summed E-state index contributed by atoms with van der Waals surface area (Å²) >= 11 is 0. The first-order valence-corrected chi connectivity index (χ1v) is 5.82. The number of fused-ring (bicyclic) bond motifs is 1. The number of aliphatic hydroxyl groups is 1. The number of alkyl halides is 1. The number of rotatable bonds is 2. The average molecular weight is 251 g/mol. The molecule has 0 bridgehead atoms. The van der Waals surface area contributed by atoms with Gasteiger partial charge >= 0.3 is 0 Å². The number of halogens is 1. The molecule has 3 rings (SSSR count). The lowest BCUT2D eigenvalue weighted by Gasteiger charge is -2.15. The molecule has 2 aromatic rings. The molecule has 1 fully saturated rings. The molecule has 1 aromatic carbocycles. The van der Waals surface area contributed by atoms with Gasteiger partial charge in [0.2, 0.25) is 0 Å². The van der Waals surface area contributed by atoms with E-state index in [4.69, 9.17) is 15.6 Å². The molecule has 1 aliphatic rings.